The van der Waals surface area contributed by atoms with Gasteiger partial charge in [0, 0.05) is 19.7 Å². The van der Waals surface area contributed by atoms with Crippen LogP contribution >= 0.6 is 0 Å². The average Bonchev–Trinajstić information content (AvgIpc) is 3.12. The smallest absolute Gasteiger partial charge is 0.0977 e. The molecule has 0 amide bonds. The van der Waals surface area contributed by atoms with Crippen molar-refractivity contribution in [1.29, 1.82) is 0 Å². The fourth-order valence-electron chi connectivity index (χ4n) is 4.69. The molecule has 3 aromatic carbocycles. The maximum absolute atomic E-state index is 10.6. The molecule has 3 nitrogen and oxygen atoms in total. The maximum atomic E-state index is 10.6. The minimum absolute atomic E-state index is 0.126. The molecule has 28 heavy (non-hydrogen) atoms. The summed E-state index contributed by atoms with van der Waals surface area (Å²) in [4.78, 5) is 2.43. The van der Waals surface area contributed by atoms with Crippen LogP contribution in [0.25, 0.3) is 0 Å². The molecular formula is C25H27NO2. The molecule has 1 fully saturated rings. The number of ether oxygens (including phenoxy) is 1. The minimum Gasteiger partial charge on any atom is -0.392 e. The highest BCUT2D eigenvalue weighted by Gasteiger charge is 2.48. The lowest BCUT2D eigenvalue weighted by Crippen LogP contribution is -2.52. The van der Waals surface area contributed by atoms with Gasteiger partial charge >= 0.3 is 0 Å². The van der Waals surface area contributed by atoms with Gasteiger partial charge in [-0.05, 0) is 23.1 Å². The van der Waals surface area contributed by atoms with Gasteiger partial charge in [0.15, 0.2) is 0 Å². The molecule has 1 aliphatic heterocycles. The quantitative estimate of drug-likeness (QED) is 0.662. The van der Waals surface area contributed by atoms with Gasteiger partial charge < -0.3 is 9.84 Å². The molecule has 0 aromatic heterocycles. The number of methoxy groups -OCH3 is 1. The molecule has 0 unspecified atom stereocenters. The zero-order valence-corrected chi connectivity index (χ0v) is 16.2. The van der Waals surface area contributed by atoms with Gasteiger partial charge in [0.2, 0.25) is 0 Å². The Morgan fingerprint density at radius 3 is 1.64 bits per heavy atom. The Balaban J connectivity index is 2.01. The van der Waals surface area contributed by atoms with Crippen molar-refractivity contribution in [2.45, 2.75) is 24.1 Å². The van der Waals surface area contributed by atoms with Crippen molar-refractivity contribution in [3.63, 3.8) is 0 Å². The normalized spacial score (nSPS) is 20.4. The standard InChI is InChI=1S/C25H27NO2/c1-28-19-23-17-24(27)18-26(23)25(20-11-5-2-6-12-20,21-13-7-3-8-14-21)22-15-9-4-10-16-22/h2-16,23-24,27H,17-19H2,1H3/t23-,24+/m0/s1. The Morgan fingerprint density at radius 2 is 1.25 bits per heavy atom. The Morgan fingerprint density at radius 1 is 0.821 bits per heavy atom. The number of likely N-dealkylation sites (tertiary alicyclic amines) is 1. The number of hydrogen-bond acceptors (Lipinski definition) is 3. The molecule has 0 radical (unpaired) electrons. The lowest BCUT2D eigenvalue weighted by molar-refractivity contribution is 0.0674. The average molecular weight is 373 g/mol. The summed E-state index contributed by atoms with van der Waals surface area (Å²) in [6.45, 7) is 1.19. The first-order valence-corrected chi connectivity index (χ1v) is 9.87. The summed E-state index contributed by atoms with van der Waals surface area (Å²) in [5.41, 5.74) is 3.09. The van der Waals surface area contributed by atoms with Crippen LogP contribution in [-0.2, 0) is 10.3 Å². The summed E-state index contributed by atoms with van der Waals surface area (Å²) in [6, 6.07) is 32.0. The van der Waals surface area contributed by atoms with Gasteiger partial charge in [-0.1, -0.05) is 91.0 Å². The van der Waals surface area contributed by atoms with Crippen LogP contribution in [0.15, 0.2) is 91.0 Å². The van der Waals surface area contributed by atoms with Gasteiger partial charge in [-0.25, -0.2) is 0 Å². The highest BCUT2D eigenvalue weighted by molar-refractivity contribution is 5.50. The van der Waals surface area contributed by atoms with E-state index in [4.69, 9.17) is 4.74 Å². The van der Waals surface area contributed by atoms with Gasteiger partial charge in [-0.2, -0.15) is 0 Å². The minimum atomic E-state index is -0.496. The Hall–Kier alpha value is -2.46. The predicted molar refractivity (Wildman–Crippen MR) is 112 cm³/mol. The van der Waals surface area contributed by atoms with Crippen molar-refractivity contribution in [2.75, 3.05) is 20.3 Å². The highest BCUT2D eigenvalue weighted by atomic mass is 16.5. The Labute approximate surface area is 167 Å². The van der Waals surface area contributed by atoms with E-state index in [0.29, 0.717) is 19.6 Å². The number of aliphatic hydroxyl groups is 1. The third-order valence-corrected chi connectivity index (χ3v) is 5.76. The number of rotatable bonds is 6. The molecule has 3 aromatic rings. The van der Waals surface area contributed by atoms with Crippen LogP contribution in [0.5, 0.6) is 0 Å². The van der Waals surface area contributed by atoms with Crippen LogP contribution < -0.4 is 0 Å². The van der Waals surface area contributed by atoms with Gasteiger partial charge in [0.1, 0.15) is 0 Å². The number of hydrogen-bond donors (Lipinski definition) is 1. The largest absolute Gasteiger partial charge is 0.392 e. The lowest BCUT2D eigenvalue weighted by Gasteiger charge is -2.46. The molecule has 2 atom stereocenters. The van der Waals surface area contributed by atoms with Crippen LogP contribution in [0.4, 0.5) is 0 Å². The van der Waals surface area contributed by atoms with E-state index in [1.165, 1.54) is 16.7 Å². The second-order valence-electron chi connectivity index (χ2n) is 7.46. The van der Waals surface area contributed by atoms with E-state index in [2.05, 4.69) is 95.9 Å². The van der Waals surface area contributed by atoms with Crippen LogP contribution in [0.1, 0.15) is 23.1 Å². The molecule has 0 saturated carbocycles. The Kier molecular flexibility index (Phi) is 5.58. The third-order valence-electron chi connectivity index (χ3n) is 5.76. The molecule has 0 bridgehead atoms. The van der Waals surface area contributed by atoms with Crippen LogP contribution in [0.2, 0.25) is 0 Å². The summed E-state index contributed by atoms with van der Waals surface area (Å²) in [5, 5.41) is 10.6. The zero-order chi connectivity index (χ0) is 19.4. The first kappa shape index (κ1) is 18.9. The molecule has 4 rings (SSSR count). The van der Waals surface area contributed by atoms with Crippen molar-refractivity contribution < 1.29 is 9.84 Å². The first-order chi connectivity index (χ1) is 13.8. The molecule has 144 valence electrons. The van der Waals surface area contributed by atoms with Gasteiger partial charge in [0.05, 0.1) is 18.2 Å². The zero-order valence-electron chi connectivity index (χ0n) is 16.2. The monoisotopic (exact) mass is 373 g/mol. The fraction of sp³-hybridized carbons (Fsp3) is 0.280. The molecule has 3 heteroatoms. The predicted octanol–water partition coefficient (Wildman–Crippen LogP) is 4.06. The van der Waals surface area contributed by atoms with E-state index in [-0.39, 0.29) is 12.1 Å². The van der Waals surface area contributed by atoms with Crippen molar-refractivity contribution >= 4 is 0 Å². The van der Waals surface area contributed by atoms with E-state index in [9.17, 15) is 5.11 Å². The maximum Gasteiger partial charge on any atom is 0.0977 e. The molecule has 1 N–H and O–H groups in total. The Bertz CT molecular complexity index is 770. The van der Waals surface area contributed by atoms with E-state index in [1.54, 1.807) is 7.11 Å². The molecule has 1 saturated heterocycles. The van der Waals surface area contributed by atoms with Crippen LogP contribution in [0.3, 0.4) is 0 Å². The molecule has 0 aliphatic carbocycles. The highest BCUT2D eigenvalue weighted by Crippen LogP contribution is 2.45. The molecular weight excluding hydrogens is 346 g/mol. The van der Waals surface area contributed by atoms with Gasteiger partial charge in [0.25, 0.3) is 0 Å². The number of nitrogens with zero attached hydrogens (tertiary/aromatic N) is 1. The van der Waals surface area contributed by atoms with Crippen molar-refractivity contribution in [3.8, 4) is 0 Å². The molecule has 0 spiro atoms. The van der Waals surface area contributed by atoms with E-state index < -0.39 is 5.54 Å². The van der Waals surface area contributed by atoms with Gasteiger partial charge in [-0.15, -0.1) is 0 Å². The lowest BCUT2D eigenvalue weighted by atomic mass is 9.75. The molecule has 1 heterocycles. The van der Waals surface area contributed by atoms with E-state index in [0.717, 1.165) is 0 Å². The number of β-amino-alcohol motifs (C(OH)–C–C–N with tert-alkyl or cyclic N) is 1. The van der Waals surface area contributed by atoms with Gasteiger partial charge in [-0.3, -0.25) is 4.90 Å². The summed E-state index contributed by atoms with van der Waals surface area (Å²) in [6.07, 6.45) is 0.345. The number of aliphatic hydroxyl groups excluding tert-OH is 1. The van der Waals surface area contributed by atoms with Crippen molar-refractivity contribution in [3.05, 3.63) is 108 Å². The fourth-order valence-corrected chi connectivity index (χ4v) is 4.69. The molecule has 1 aliphatic rings. The summed E-state index contributed by atoms with van der Waals surface area (Å²) >= 11 is 0. The summed E-state index contributed by atoms with van der Waals surface area (Å²) < 4.78 is 5.55. The van der Waals surface area contributed by atoms with Crippen LogP contribution in [0, 0.1) is 0 Å². The van der Waals surface area contributed by atoms with Crippen molar-refractivity contribution in [1.82, 2.24) is 4.90 Å². The topological polar surface area (TPSA) is 32.7 Å². The second-order valence-corrected chi connectivity index (χ2v) is 7.46. The van der Waals surface area contributed by atoms with E-state index >= 15 is 0 Å². The third kappa shape index (κ3) is 3.26. The summed E-state index contributed by atoms with van der Waals surface area (Å²) in [7, 11) is 1.73. The SMILES string of the molecule is COC[C@@H]1C[C@@H](O)CN1C(c1ccccc1)(c1ccccc1)c1ccccc1. The number of benzene rings is 3. The summed E-state index contributed by atoms with van der Waals surface area (Å²) in [5.74, 6) is 0. The second kappa shape index (κ2) is 8.27. The van der Waals surface area contributed by atoms with E-state index in [1.807, 2.05) is 0 Å². The van der Waals surface area contributed by atoms with Crippen molar-refractivity contribution in [2.24, 2.45) is 0 Å². The first-order valence-electron chi connectivity index (χ1n) is 9.87. The van der Waals surface area contributed by atoms with Crippen LogP contribution in [-0.4, -0.2) is 42.4 Å².